The van der Waals surface area contributed by atoms with Crippen molar-refractivity contribution < 1.29 is 9.41 Å². The molecular formula is C3H8F2Mg. The number of hydrogen-bond acceptors (Lipinski definition) is 0. The van der Waals surface area contributed by atoms with E-state index in [1.54, 1.807) is 0 Å². The molecule has 0 radical (unpaired) electrons. The molecule has 0 fully saturated rings. The van der Waals surface area contributed by atoms with Crippen molar-refractivity contribution in [3.8, 4) is 0 Å². The van der Waals surface area contributed by atoms with E-state index in [0.717, 1.165) is 0 Å². The minimum Gasteiger partial charge on any atom is -1.00 e. The first-order chi connectivity index (χ1) is 1.41. The van der Waals surface area contributed by atoms with Gasteiger partial charge in [0.1, 0.15) is 0 Å². The van der Waals surface area contributed by atoms with Crippen LogP contribution in [0.15, 0.2) is 0 Å². The van der Waals surface area contributed by atoms with Crippen molar-refractivity contribution >= 4 is 23.1 Å². The van der Waals surface area contributed by atoms with Gasteiger partial charge in [0.15, 0.2) is 0 Å². The van der Waals surface area contributed by atoms with E-state index in [1.807, 2.05) is 0 Å². The minimum absolute atomic E-state index is 0. The summed E-state index contributed by atoms with van der Waals surface area (Å²) < 4.78 is 0. The molecule has 0 aromatic heterocycles. The summed E-state index contributed by atoms with van der Waals surface area (Å²) in [6, 6.07) is 0. The van der Waals surface area contributed by atoms with Crippen molar-refractivity contribution in [2.75, 3.05) is 0 Å². The fourth-order valence-electron chi connectivity index (χ4n) is 0. The van der Waals surface area contributed by atoms with Gasteiger partial charge in [0, 0.05) is 0 Å². The molecule has 0 atom stereocenters. The molecule has 0 saturated heterocycles. The summed E-state index contributed by atoms with van der Waals surface area (Å²) in [5.74, 6) is 0. The van der Waals surface area contributed by atoms with Gasteiger partial charge in [0.2, 0.25) is 0 Å². The first-order valence-electron chi connectivity index (χ1n) is 1.41. The third kappa shape index (κ3) is 155. The molecule has 36 valence electrons. The van der Waals surface area contributed by atoms with Crippen LogP contribution < -0.4 is 9.41 Å². The summed E-state index contributed by atoms with van der Waals surface area (Å²) in [5.41, 5.74) is 0. The Kier molecular flexibility index (Phi) is 231. The van der Waals surface area contributed by atoms with E-state index in [-0.39, 0.29) is 32.5 Å². The summed E-state index contributed by atoms with van der Waals surface area (Å²) >= 11 is 0. The topological polar surface area (TPSA) is 0 Å². The van der Waals surface area contributed by atoms with Crippen LogP contribution in [-0.4, -0.2) is 23.1 Å². The molecule has 0 N–H and O–H groups in total. The van der Waals surface area contributed by atoms with Crippen molar-refractivity contribution in [2.24, 2.45) is 0 Å². The van der Waals surface area contributed by atoms with E-state index in [0.29, 0.717) is 0 Å². The van der Waals surface area contributed by atoms with Crippen LogP contribution in [0.3, 0.4) is 0 Å². The van der Waals surface area contributed by atoms with Gasteiger partial charge in [-0.3, -0.25) is 0 Å². The average Bonchev–Trinajstić information content (AvgIpc) is 0.918. The van der Waals surface area contributed by atoms with Gasteiger partial charge in [0.05, 0.1) is 0 Å². The number of hydrogen-bond donors (Lipinski definition) is 0. The maximum absolute atomic E-state index is 2.12. The predicted octanol–water partition coefficient (Wildman–Crippen LogP) is -4.96. The Balaban J connectivity index is -0.00000000667. The van der Waals surface area contributed by atoms with Crippen molar-refractivity contribution in [1.82, 2.24) is 0 Å². The standard InChI is InChI=1S/C3H8.2FH.Mg/c1-3-2;;;/h3H2,1-2H3;2*1H;/q;;;+2/p-2. The molecule has 3 heteroatoms. The molecule has 0 aliphatic rings. The summed E-state index contributed by atoms with van der Waals surface area (Å²) in [5, 5.41) is 0. The molecule has 0 heterocycles. The van der Waals surface area contributed by atoms with E-state index in [1.165, 1.54) is 6.42 Å². The second-order valence-electron chi connectivity index (χ2n) is 0.707. The number of rotatable bonds is 0. The molecule has 0 amide bonds. The van der Waals surface area contributed by atoms with Crippen molar-refractivity contribution in [3.63, 3.8) is 0 Å². The fourth-order valence-corrected chi connectivity index (χ4v) is 0. The molecule has 0 unspecified atom stereocenters. The van der Waals surface area contributed by atoms with Crippen LogP contribution in [0.1, 0.15) is 20.3 Å². The normalized spacial score (nSPS) is 3.00. The van der Waals surface area contributed by atoms with Crippen LogP contribution in [0, 0.1) is 0 Å². The van der Waals surface area contributed by atoms with Crippen molar-refractivity contribution in [1.29, 1.82) is 0 Å². The largest absolute Gasteiger partial charge is 2.00 e. The van der Waals surface area contributed by atoms with Crippen molar-refractivity contribution in [2.45, 2.75) is 20.3 Å². The van der Waals surface area contributed by atoms with Crippen molar-refractivity contribution in [3.05, 3.63) is 0 Å². The van der Waals surface area contributed by atoms with E-state index in [9.17, 15) is 0 Å². The molecule has 0 spiro atoms. The maximum atomic E-state index is 2.12. The van der Waals surface area contributed by atoms with Gasteiger partial charge in [-0.2, -0.15) is 0 Å². The van der Waals surface area contributed by atoms with Crippen LogP contribution in [0.4, 0.5) is 0 Å². The maximum Gasteiger partial charge on any atom is 2.00 e. The molecule has 0 rings (SSSR count). The first kappa shape index (κ1) is 30.4. The number of halogens is 2. The summed E-state index contributed by atoms with van der Waals surface area (Å²) in [6.07, 6.45) is 1.25. The fraction of sp³-hybridized carbons (Fsp3) is 1.00. The molecule has 0 nitrogen and oxygen atoms in total. The minimum atomic E-state index is 0. The molecular weight excluding hydrogens is 98.3 g/mol. The van der Waals surface area contributed by atoms with Crippen LogP contribution in [0.5, 0.6) is 0 Å². The molecule has 0 bridgehead atoms. The van der Waals surface area contributed by atoms with Gasteiger partial charge in [0.25, 0.3) is 0 Å². The quantitative estimate of drug-likeness (QED) is 0.272. The van der Waals surface area contributed by atoms with Gasteiger partial charge < -0.3 is 9.41 Å². The molecule has 0 aliphatic carbocycles. The summed E-state index contributed by atoms with van der Waals surface area (Å²) in [6.45, 7) is 4.25. The van der Waals surface area contributed by atoms with Crippen LogP contribution in [0.2, 0.25) is 0 Å². The van der Waals surface area contributed by atoms with Gasteiger partial charge in [-0.15, -0.1) is 0 Å². The van der Waals surface area contributed by atoms with Gasteiger partial charge >= 0.3 is 23.1 Å². The molecule has 0 aromatic carbocycles. The Morgan fingerprint density at radius 1 is 1.00 bits per heavy atom. The predicted molar refractivity (Wildman–Crippen MR) is 21.7 cm³/mol. The second-order valence-corrected chi connectivity index (χ2v) is 0.707. The zero-order valence-corrected chi connectivity index (χ0v) is 5.58. The van der Waals surface area contributed by atoms with E-state index >= 15 is 0 Å². The smallest absolute Gasteiger partial charge is 1.00 e. The SMILES string of the molecule is CCC.[F-].[F-].[Mg+2]. The van der Waals surface area contributed by atoms with Gasteiger partial charge in [-0.25, -0.2) is 0 Å². The van der Waals surface area contributed by atoms with Crippen LogP contribution in [-0.2, 0) is 0 Å². The average molecular weight is 106 g/mol. The molecule has 0 aromatic rings. The van der Waals surface area contributed by atoms with Crippen LogP contribution in [0.25, 0.3) is 0 Å². The molecule has 0 aliphatic heterocycles. The third-order valence-electron chi connectivity index (χ3n) is 0. The van der Waals surface area contributed by atoms with E-state index in [4.69, 9.17) is 0 Å². The van der Waals surface area contributed by atoms with Gasteiger partial charge in [-0.1, -0.05) is 20.3 Å². The molecule has 0 saturated carbocycles. The Labute approximate surface area is 53.2 Å². The van der Waals surface area contributed by atoms with Gasteiger partial charge in [-0.05, 0) is 0 Å². The Morgan fingerprint density at radius 3 is 1.00 bits per heavy atom. The summed E-state index contributed by atoms with van der Waals surface area (Å²) in [4.78, 5) is 0. The molecule has 6 heavy (non-hydrogen) atoms. The monoisotopic (exact) mass is 106 g/mol. The second kappa shape index (κ2) is 45.5. The van der Waals surface area contributed by atoms with E-state index in [2.05, 4.69) is 13.8 Å². The third-order valence-corrected chi connectivity index (χ3v) is 0. The Bertz CT molecular complexity index is 8.75. The zero-order valence-electron chi connectivity index (χ0n) is 4.17. The first-order valence-corrected chi connectivity index (χ1v) is 1.41. The zero-order chi connectivity index (χ0) is 2.71. The van der Waals surface area contributed by atoms with E-state index < -0.39 is 0 Å². The summed E-state index contributed by atoms with van der Waals surface area (Å²) in [7, 11) is 0. The van der Waals surface area contributed by atoms with Crippen LogP contribution >= 0.6 is 0 Å². The Morgan fingerprint density at radius 2 is 1.00 bits per heavy atom. The Hall–Kier alpha value is 0.626.